The van der Waals surface area contributed by atoms with Crippen LogP contribution in [0.15, 0.2) is 30.3 Å². The van der Waals surface area contributed by atoms with Gasteiger partial charge >= 0.3 is 5.97 Å². The van der Waals surface area contributed by atoms with Crippen molar-refractivity contribution in [3.8, 4) is 0 Å². The molecule has 22 heavy (non-hydrogen) atoms. The van der Waals surface area contributed by atoms with Crippen molar-refractivity contribution in [3.05, 3.63) is 35.9 Å². The van der Waals surface area contributed by atoms with E-state index in [-0.39, 0.29) is 12.0 Å². The first kappa shape index (κ1) is 17.0. The minimum absolute atomic E-state index is 0.118. The molecule has 1 heterocycles. The number of piperidine rings is 1. The maximum atomic E-state index is 12.1. The van der Waals surface area contributed by atoms with Crippen LogP contribution in [0.3, 0.4) is 0 Å². The van der Waals surface area contributed by atoms with Gasteiger partial charge in [-0.2, -0.15) is 0 Å². The first-order valence-electron chi connectivity index (χ1n) is 8.44. The average Bonchev–Trinajstić information content (AvgIpc) is 2.57. The van der Waals surface area contributed by atoms with E-state index in [4.69, 9.17) is 4.74 Å². The normalized spacial score (nSPS) is 17.1. The largest absolute Gasteiger partial charge is 0.465 e. The highest BCUT2D eigenvalue weighted by molar-refractivity contribution is 5.75. The van der Waals surface area contributed by atoms with E-state index < -0.39 is 0 Å². The molecule has 1 aromatic rings. The van der Waals surface area contributed by atoms with Gasteiger partial charge in [0.15, 0.2) is 0 Å². The van der Waals surface area contributed by atoms with E-state index in [2.05, 4.69) is 22.8 Å². The summed E-state index contributed by atoms with van der Waals surface area (Å²) >= 11 is 0. The van der Waals surface area contributed by atoms with Gasteiger partial charge in [0, 0.05) is 6.54 Å². The molecule has 1 aromatic carbocycles. The fourth-order valence-electron chi connectivity index (χ4n) is 2.96. The predicted octanol–water partition coefficient (Wildman–Crippen LogP) is 2.49. The van der Waals surface area contributed by atoms with Gasteiger partial charge in [-0.1, -0.05) is 30.3 Å². The van der Waals surface area contributed by atoms with Crippen LogP contribution in [0.2, 0.25) is 0 Å². The molecule has 2 N–H and O–H groups in total. The Morgan fingerprint density at radius 2 is 2.05 bits per heavy atom. The maximum Gasteiger partial charge on any atom is 0.323 e. The molecule has 0 spiro atoms. The summed E-state index contributed by atoms with van der Waals surface area (Å²) in [6, 6.07) is 9.99. The second kappa shape index (κ2) is 9.59. The summed E-state index contributed by atoms with van der Waals surface area (Å²) < 4.78 is 5.22. The Balaban J connectivity index is 1.83. The lowest BCUT2D eigenvalue weighted by Crippen LogP contribution is -2.38. The topological polar surface area (TPSA) is 50.4 Å². The number of ether oxygens (including phenoxy) is 1. The van der Waals surface area contributed by atoms with Gasteiger partial charge in [-0.3, -0.25) is 4.79 Å². The fraction of sp³-hybridized carbons (Fsp3) is 0.611. The molecule has 0 radical (unpaired) electrons. The van der Waals surface area contributed by atoms with Gasteiger partial charge < -0.3 is 15.4 Å². The van der Waals surface area contributed by atoms with Crippen molar-refractivity contribution in [1.29, 1.82) is 0 Å². The molecule has 0 aromatic heterocycles. The minimum Gasteiger partial charge on any atom is -0.465 e. The summed E-state index contributed by atoms with van der Waals surface area (Å²) in [6.07, 6.45) is 4.38. The highest BCUT2D eigenvalue weighted by atomic mass is 16.5. The summed E-state index contributed by atoms with van der Waals surface area (Å²) in [7, 11) is 0. The molecule has 4 heteroatoms. The molecule has 1 atom stereocenters. The van der Waals surface area contributed by atoms with Gasteiger partial charge in [0.1, 0.15) is 6.04 Å². The lowest BCUT2D eigenvalue weighted by atomic mass is 9.91. The monoisotopic (exact) mass is 304 g/mol. The third-order valence-corrected chi connectivity index (χ3v) is 4.29. The highest BCUT2D eigenvalue weighted by Gasteiger charge is 2.22. The zero-order valence-electron chi connectivity index (χ0n) is 13.5. The van der Waals surface area contributed by atoms with E-state index in [1.54, 1.807) is 0 Å². The van der Waals surface area contributed by atoms with Gasteiger partial charge in [0.05, 0.1) is 6.61 Å². The zero-order chi connectivity index (χ0) is 15.6. The summed E-state index contributed by atoms with van der Waals surface area (Å²) in [5, 5.41) is 6.75. The number of benzene rings is 1. The molecule has 1 aliphatic rings. The molecule has 0 saturated carbocycles. The molecule has 0 amide bonds. The van der Waals surface area contributed by atoms with Crippen molar-refractivity contribution >= 4 is 5.97 Å². The number of hydrogen-bond donors (Lipinski definition) is 2. The van der Waals surface area contributed by atoms with Crippen molar-refractivity contribution in [2.45, 2.75) is 45.2 Å². The lowest BCUT2D eigenvalue weighted by Gasteiger charge is -2.24. The SMILES string of the molecule is CCOC(=O)C(CCC1CCNCC1)NCc1ccccc1. The van der Waals surface area contributed by atoms with Crippen LogP contribution in [0, 0.1) is 5.92 Å². The molecule has 0 bridgehead atoms. The lowest BCUT2D eigenvalue weighted by molar-refractivity contribution is -0.146. The van der Waals surface area contributed by atoms with Crippen LogP contribution in [-0.4, -0.2) is 31.7 Å². The Hall–Kier alpha value is -1.39. The summed E-state index contributed by atoms with van der Waals surface area (Å²) in [4.78, 5) is 12.1. The summed E-state index contributed by atoms with van der Waals surface area (Å²) in [6.45, 7) is 5.21. The van der Waals surface area contributed by atoms with Crippen LogP contribution in [0.5, 0.6) is 0 Å². The first-order valence-corrected chi connectivity index (χ1v) is 8.44. The highest BCUT2D eigenvalue weighted by Crippen LogP contribution is 2.19. The Kier molecular flexibility index (Phi) is 7.40. The fourth-order valence-corrected chi connectivity index (χ4v) is 2.96. The number of carbonyl (C=O) groups is 1. The molecular formula is C18H28N2O2. The standard InChI is InChI=1S/C18H28N2O2/c1-2-22-18(21)17(9-8-15-10-12-19-13-11-15)20-14-16-6-4-3-5-7-16/h3-7,15,17,19-20H,2,8-14H2,1H3. The van der Waals surface area contributed by atoms with Gasteiger partial charge in [0.25, 0.3) is 0 Å². The van der Waals surface area contributed by atoms with Crippen LogP contribution in [0.1, 0.15) is 38.2 Å². The van der Waals surface area contributed by atoms with E-state index in [0.717, 1.165) is 31.8 Å². The van der Waals surface area contributed by atoms with E-state index in [1.165, 1.54) is 18.4 Å². The van der Waals surface area contributed by atoms with E-state index in [0.29, 0.717) is 13.2 Å². The van der Waals surface area contributed by atoms with Crippen LogP contribution < -0.4 is 10.6 Å². The Morgan fingerprint density at radius 1 is 1.32 bits per heavy atom. The van der Waals surface area contributed by atoms with Crippen molar-refractivity contribution in [2.75, 3.05) is 19.7 Å². The van der Waals surface area contributed by atoms with Gasteiger partial charge in [-0.25, -0.2) is 0 Å². The first-order chi connectivity index (χ1) is 10.8. The number of rotatable bonds is 8. The van der Waals surface area contributed by atoms with Crippen molar-refractivity contribution in [3.63, 3.8) is 0 Å². The van der Waals surface area contributed by atoms with E-state index in [9.17, 15) is 4.79 Å². The number of hydrogen-bond acceptors (Lipinski definition) is 4. The van der Waals surface area contributed by atoms with Gasteiger partial charge in [-0.05, 0) is 57.2 Å². The molecular weight excluding hydrogens is 276 g/mol. The van der Waals surface area contributed by atoms with Crippen LogP contribution in [0.4, 0.5) is 0 Å². The van der Waals surface area contributed by atoms with Crippen LogP contribution in [0.25, 0.3) is 0 Å². The molecule has 0 aliphatic carbocycles. The Bertz CT molecular complexity index is 430. The molecule has 1 fully saturated rings. The van der Waals surface area contributed by atoms with Crippen LogP contribution in [-0.2, 0) is 16.1 Å². The van der Waals surface area contributed by atoms with E-state index in [1.807, 2.05) is 25.1 Å². The molecule has 1 aliphatic heterocycles. The quantitative estimate of drug-likeness (QED) is 0.725. The number of carbonyl (C=O) groups excluding carboxylic acids is 1. The maximum absolute atomic E-state index is 12.1. The summed E-state index contributed by atoms with van der Waals surface area (Å²) in [5.41, 5.74) is 1.19. The Labute approximate surface area is 133 Å². The molecule has 122 valence electrons. The molecule has 2 rings (SSSR count). The second-order valence-electron chi connectivity index (χ2n) is 5.94. The third-order valence-electron chi connectivity index (χ3n) is 4.29. The van der Waals surface area contributed by atoms with E-state index >= 15 is 0 Å². The Morgan fingerprint density at radius 3 is 2.73 bits per heavy atom. The average molecular weight is 304 g/mol. The predicted molar refractivity (Wildman–Crippen MR) is 88.5 cm³/mol. The molecule has 4 nitrogen and oxygen atoms in total. The van der Waals surface area contributed by atoms with Crippen LogP contribution >= 0.6 is 0 Å². The number of esters is 1. The van der Waals surface area contributed by atoms with Crippen molar-refractivity contribution in [2.24, 2.45) is 5.92 Å². The van der Waals surface area contributed by atoms with Crippen molar-refractivity contribution < 1.29 is 9.53 Å². The van der Waals surface area contributed by atoms with Crippen molar-refractivity contribution in [1.82, 2.24) is 10.6 Å². The summed E-state index contributed by atoms with van der Waals surface area (Å²) in [5.74, 6) is 0.615. The zero-order valence-corrected chi connectivity index (χ0v) is 13.5. The minimum atomic E-state index is -0.199. The third kappa shape index (κ3) is 5.78. The van der Waals surface area contributed by atoms with Gasteiger partial charge in [-0.15, -0.1) is 0 Å². The number of nitrogens with one attached hydrogen (secondary N) is 2. The smallest absolute Gasteiger partial charge is 0.323 e. The second-order valence-corrected chi connectivity index (χ2v) is 5.94. The molecule has 1 saturated heterocycles. The molecule has 1 unspecified atom stereocenters. The van der Waals surface area contributed by atoms with Gasteiger partial charge in [0.2, 0.25) is 0 Å².